The highest BCUT2D eigenvalue weighted by atomic mass is 127. The van der Waals surface area contributed by atoms with Crippen LogP contribution in [0.3, 0.4) is 0 Å². The van der Waals surface area contributed by atoms with Gasteiger partial charge in [0.05, 0.1) is 5.56 Å². The molecule has 0 saturated heterocycles. The maximum Gasteiger partial charge on any atom is 0.336 e. The monoisotopic (exact) mass is 303 g/mol. The third kappa shape index (κ3) is 1.52. The molecule has 2 rings (SSSR count). The number of nitrogens with two attached hydrogens (primary N) is 1. The van der Waals surface area contributed by atoms with E-state index in [0.717, 1.165) is 22.0 Å². The number of aryl methyl sites for hydroxylation is 1. The third-order valence-corrected chi connectivity index (χ3v) is 3.48. The van der Waals surface area contributed by atoms with Crippen molar-refractivity contribution in [2.45, 2.75) is 18.9 Å². The SMILES string of the molecule is N[C@@H]1CCc2cc(I)c(C(=O)O)cc21. The molecule has 0 heterocycles. The smallest absolute Gasteiger partial charge is 0.336 e. The van der Waals surface area contributed by atoms with Crippen LogP contribution in [0, 0.1) is 3.57 Å². The van der Waals surface area contributed by atoms with E-state index in [-0.39, 0.29) is 6.04 Å². The van der Waals surface area contributed by atoms with E-state index in [0.29, 0.717) is 5.56 Å². The minimum atomic E-state index is -0.878. The molecule has 0 unspecified atom stereocenters. The van der Waals surface area contributed by atoms with E-state index in [1.807, 2.05) is 6.07 Å². The van der Waals surface area contributed by atoms with Gasteiger partial charge in [-0.05, 0) is 58.7 Å². The zero-order chi connectivity index (χ0) is 10.3. The van der Waals surface area contributed by atoms with Gasteiger partial charge in [0.1, 0.15) is 0 Å². The van der Waals surface area contributed by atoms with Crippen LogP contribution in [0.2, 0.25) is 0 Å². The minimum absolute atomic E-state index is 0.0140. The fourth-order valence-electron chi connectivity index (χ4n) is 1.82. The maximum absolute atomic E-state index is 10.9. The van der Waals surface area contributed by atoms with Gasteiger partial charge < -0.3 is 10.8 Å². The van der Waals surface area contributed by atoms with E-state index < -0.39 is 5.97 Å². The number of halogens is 1. The Hall–Kier alpha value is -0.620. The Bertz CT molecular complexity index is 403. The quantitative estimate of drug-likeness (QED) is 0.779. The molecule has 1 aromatic carbocycles. The molecule has 3 N–H and O–H groups in total. The van der Waals surface area contributed by atoms with Crippen molar-refractivity contribution in [2.24, 2.45) is 5.73 Å². The van der Waals surface area contributed by atoms with Crippen LogP contribution in [0.25, 0.3) is 0 Å². The number of carboxylic acid groups (broad SMARTS) is 1. The second-order valence-electron chi connectivity index (χ2n) is 3.48. The summed E-state index contributed by atoms with van der Waals surface area (Å²) in [6, 6.07) is 3.67. The van der Waals surface area contributed by atoms with Crippen LogP contribution in [0.1, 0.15) is 33.9 Å². The molecule has 74 valence electrons. The molecule has 3 nitrogen and oxygen atoms in total. The molecule has 14 heavy (non-hydrogen) atoms. The Morgan fingerprint density at radius 3 is 2.93 bits per heavy atom. The van der Waals surface area contributed by atoms with Crippen LogP contribution in [0.15, 0.2) is 12.1 Å². The molecule has 0 aliphatic heterocycles. The summed E-state index contributed by atoms with van der Waals surface area (Å²) in [6.07, 6.45) is 1.89. The van der Waals surface area contributed by atoms with Gasteiger partial charge in [0.25, 0.3) is 0 Å². The maximum atomic E-state index is 10.9. The van der Waals surface area contributed by atoms with Crippen molar-refractivity contribution in [1.82, 2.24) is 0 Å². The second kappa shape index (κ2) is 3.51. The summed E-state index contributed by atoms with van der Waals surface area (Å²) < 4.78 is 0.794. The highest BCUT2D eigenvalue weighted by Gasteiger charge is 2.22. The zero-order valence-electron chi connectivity index (χ0n) is 7.46. The number of hydrogen-bond acceptors (Lipinski definition) is 2. The van der Waals surface area contributed by atoms with E-state index in [4.69, 9.17) is 10.8 Å². The first-order valence-corrected chi connectivity index (χ1v) is 5.48. The van der Waals surface area contributed by atoms with Crippen molar-refractivity contribution in [2.75, 3.05) is 0 Å². The predicted molar refractivity (Wildman–Crippen MR) is 61.4 cm³/mol. The first-order chi connectivity index (χ1) is 6.59. The van der Waals surface area contributed by atoms with Gasteiger partial charge in [0.2, 0.25) is 0 Å². The van der Waals surface area contributed by atoms with Crippen molar-refractivity contribution in [3.8, 4) is 0 Å². The number of hydrogen-bond donors (Lipinski definition) is 2. The largest absolute Gasteiger partial charge is 0.478 e. The Kier molecular flexibility index (Phi) is 2.48. The molecule has 4 heteroatoms. The molecule has 0 spiro atoms. The molecule has 0 amide bonds. The molecule has 0 fully saturated rings. The van der Waals surface area contributed by atoms with Gasteiger partial charge in [-0.15, -0.1) is 0 Å². The molecular weight excluding hydrogens is 293 g/mol. The molecule has 0 bridgehead atoms. The first-order valence-electron chi connectivity index (χ1n) is 4.41. The number of aromatic carboxylic acids is 1. The Balaban J connectivity index is 2.57. The highest BCUT2D eigenvalue weighted by molar-refractivity contribution is 14.1. The predicted octanol–water partition coefficient (Wildman–Crippen LogP) is 1.94. The van der Waals surface area contributed by atoms with Crippen LogP contribution in [-0.2, 0) is 6.42 Å². The number of benzene rings is 1. The summed E-state index contributed by atoms with van der Waals surface area (Å²) >= 11 is 2.05. The van der Waals surface area contributed by atoms with Gasteiger partial charge in [-0.1, -0.05) is 0 Å². The summed E-state index contributed by atoms with van der Waals surface area (Å²) in [7, 11) is 0. The Morgan fingerprint density at radius 1 is 1.57 bits per heavy atom. The summed E-state index contributed by atoms with van der Waals surface area (Å²) in [5, 5.41) is 8.94. The minimum Gasteiger partial charge on any atom is -0.478 e. The summed E-state index contributed by atoms with van der Waals surface area (Å²) in [6.45, 7) is 0. The lowest BCUT2D eigenvalue weighted by atomic mass is 10.0. The summed E-state index contributed by atoms with van der Waals surface area (Å²) in [5.74, 6) is -0.878. The van der Waals surface area contributed by atoms with Gasteiger partial charge in [0, 0.05) is 9.61 Å². The standard InChI is InChI=1S/C10H10INO2/c11-8-3-5-1-2-9(12)6(5)4-7(8)10(13)14/h3-4,9H,1-2,12H2,(H,13,14)/t9-/m1/s1. The lowest BCUT2D eigenvalue weighted by molar-refractivity contribution is 0.0695. The molecule has 0 aromatic heterocycles. The van der Waals surface area contributed by atoms with E-state index in [9.17, 15) is 4.79 Å². The van der Waals surface area contributed by atoms with Gasteiger partial charge in [-0.25, -0.2) is 4.79 Å². The zero-order valence-corrected chi connectivity index (χ0v) is 9.61. The van der Waals surface area contributed by atoms with Crippen LogP contribution in [0.5, 0.6) is 0 Å². The number of rotatable bonds is 1. The molecule has 1 aliphatic carbocycles. The third-order valence-electron chi connectivity index (χ3n) is 2.58. The van der Waals surface area contributed by atoms with Crippen molar-refractivity contribution < 1.29 is 9.90 Å². The lowest BCUT2D eigenvalue weighted by Gasteiger charge is -2.07. The molecular formula is C10H10INO2. The number of carbonyl (C=O) groups is 1. The highest BCUT2D eigenvalue weighted by Crippen LogP contribution is 2.32. The fraction of sp³-hybridized carbons (Fsp3) is 0.300. The van der Waals surface area contributed by atoms with Crippen LogP contribution in [0.4, 0.5) is 0 Å². The van der Waals surface area contributed by atoms with Crippen LogP contribution < -0.4 is 5.73 Å². The van der Waals surface area contributed by atoms with Crippen molar-refractivity contribution >= 4 is 28.6 Å². The van der Waals surface area contributed by atoms with Gasteiger partial charge in [-0.3, -0.25) is 0 Å². The summed E-state index contributed by atoms with van der Waals surface area (Å²) in [5.41, 5.74) is 8.44. The van der Waals surface area contributed by atoms with E-state index in [1.165, 1.54) is 5.56 Å². The van der Waals surface area contributed by atoms with Crippen molar-refractivity contribution in [1.29, 1.82) is 0 Å². The van der Waals surface area contributed by atoms with E-state index in [2.05, 4.69) is 22.6 Å². The van der Waals surface area contributed by atoms with Gasteiger partial charge in [-0.2, -0.15) is 0 Å². The molecule has 0 saturated carbocycles. The average molecular weight is 303 g/mol. The normalized spacial score (nSPS) is 19.4. The number of fused-ring (bicyclic) bond motifs is 1. The van der Waals surface area contributed by atoms with Crippen molar-refractivity contribution in [3.05, 3.63) is 32.4 Å². The first kappa shape index (κ1) is 9.92. The van der Waals surface area contributed by atoms with Crippen LogP contribution >= 0.6 is 22.6 Å². The fourth-order valence-corrected chi connectivity index (χ4v) is 2.59. The molecule has 1 aromatic rings. The van der Waals surface area contributed by atoms with E-state index >= 15 is 0 Å². The lowest BCUT2D eigenvalue weighted by Crippen LogP contribution is -2.08. The molecule has 1 aliphatic rings. The second-order valence-corrected chi connectivity index (χ2v) is 4.64. The van der Waals surface area contributed by atoms with Gasteiger partial charge >= 0.3 is 5.97 Å². The van der Waals surface area contributed by atoms with Crippen LogP contribution in [-0.4, -0.2) is 11.1 Å². The summed E-state index contributed by atoms with van der Waals surface area (Å²) in [4.78, 5) is 10.9. The van der Waals surface area contributed by atoms with Crippen molar-refractivity contribution in [3.63, 3.8) is 0 Å². The molecule has 0 radical (unpaired) electrons. The average Bonchev–Trinajstić information content (AvgIpc) is 2.46. The Labute approximate surface area is 95.4 Å². The van der Waals surface area contributed by atoms with E-state index in [1.54, 1.807) is 6.07 Å². The number of carboxylic acids is 1. The topological polar surface area (TPSA) is 63.3 Å². The molecule has 1 atom stereocenters. The Morgan fingerprint density at radius 2 is 2.29 bits per heavy atom. The van der Waals surface area contributed by atoms with Gasteiger partial charge in [0.15, 0.2) is 0 Å².